The monoisotopic (exact) mass is 443 g/mol. The number of piperidine rings is 1. The molecule has 1 aliphatic heterocycles. The number of nitrogens with zero attached hydrogens (tertiary/aromatic N) is 2. The Labute approximate surface area is 189 Å². The summed E-state index contributed by atoms with van der Waals surface area (Å²) in [6.45, 7) is 7.18. The Hall–Kier alpha value is -3.16. The van der Waals surface area contributed by atoms with Gasteiger partial charge in [0.15, 0.2) is 11.5 Å². The average molecular weight is 444 g/mol. The van der Waals surface area contributed by atoms with Gasteiger partial charge in [0.05, 0.1) is 14.2 Å². The topological polar surface area (TPSA) is 82.0 Å². The minimum atomic E-state index is -0.506. The number of carbonyl (C=O) groups is 2. The minimum absolute atomic E-state index is 0.139. The van der Waals surface area contributed by atoms with Crippen LogP contribution in [0, 0.1) is 0 Å². The second-order valence-corrected chi connectivity index (χ2v) is 8.87. The molecule has 0 atom stereocenters. The Morgan fingerprint density at radius 3 is 2.38 bits per heavy atom. The van der Waals surface area contributed by atoms with Crippen molar-refractivity contribution in [2.24, 2.45) is 0 Å². The van der Waals surface area contributed by atoms with E-state index in [0.29, 0.717) is 36.8 Å². The maximum atomic E-state index is 12.9. The maximum Gasteiger partial charge on any atom is 0.410 e. The van der Waals surface area contributed by atoms with Gasteiger partial charge >= 0.3 is 6.09 Å². The van der Waals surface area contributed by atoms with Crippen LogP contribution in [0.4, 0.5) is 4.79 Å². The highest BCUT2D eigenvalue weighted by Gasteiger charge is 2.28. The van der Waals surface area contributed by atoms with E-state index in [1.807, 2.05) is 61.9 Å². The first-order valence-electron chi connectivity index (χ1n) is 10.9. The van der Waals surface area contributed by atoms with Crippen LogP contribution in [0.1, 0.15) is 55.7 Å². The standard InChI is InChI=1S/C24H33N3O5/c1-24(2,3)32-23(29)26-13-10-18(11-14-26)27-12-6-7-19(27)22(28)25-16-17-8-9-20(30-4)21(15-17)31-5/h6-9,12,15,18H,10-11,13-14,16H2,1-5H3,(H,25,28). The number of methoxy groups -OCH3 is 2. The summed E-state index contributed by atoms with van der Waals surface area (Å²) in [4.78, 5) is 26.9. The van der Waals surface area contributed by atoms with Gasteiger partial charge in [0, 0.05) is 31.9 Å². The molecule has 0 radical (unpaired) electrons. The average Bonchev–Trinajstić information content (AvgIpc) is 3.26. The van der Waals surface area contributed by atoms with Gasteiger partial charge in [-0.3, -0.25) is 4.79 Å². The van der Waals surface area contributed by atoms with Crippen LogP contribution in [0.5, 0.6) is 11.5 Å². The van der Waals surface area contributed by atoms with Crippen molar-refractivity contribution < 1.29 is 23.8 Å². The van der Waals surface area contributed by atoms with E-state index in [4.69, 9.17) is 14.2 Å². The summed E-state index contributed by atoms with van der Waals surface area (Å²) in [6.07, 6.45) is 3.18. The van der Waals surface area contributed by atoms with Gasteiger partial charge in [0.2, 0.25) is 0 Å². The number of hydrogen-bond acceptors (Lipinski definition) is 5. The lowest BCUT2D eigenvalue weighted by Gasteiger charge is -2.34. The van der Waals surface area contributed by atoms with Crippen LogP contribution >= 0.6 is 0 Å². The maximum absolute atomic E-state index is 12.9. The van der Waals surface area contributed by atoms with Gasteiger partial charge in [-0.1, -0.05) is 6.07 Å². The number of nitrogens with one attached hydrogen (secondary N) is 1. The zero-order chi connectivity index (χ0) is 23.3. The quantitative estimate of drug-likeness (QED) is 0.730. The Balaban J connectivity index is 1.59. The van der Waals surface area contributed by atoms with E-state index in [-0.39, 0.29) is 18.0 Å². The number of likely N-dealkylation sites (tertiary alicyclic amines) is 1. The second-order valence-electron chi connectivity index (χ2n) is 8.87. The molecule has 2 heterocycles. The molecule has 0 saturated carbocycles. The molecule has 1 aromatic carbocycles. The predicted molar refractivity (Wildman–Crippen MR) is 121 cm³/mol. The van der Waals surface area contributed by atoms with E-state index in [2.05, 4.69) is 5.32 Å². The smallest absolute Gasteiger partial charge is 0.410 e. The summed E-state index contributed by atoms with van der Waals surface area (Å²) in [5, 5.41) is 2.98. The molecule has 32 heavy (non-hydrogen) atoms. The Morgan fingerprint density at radius 1 is 1.06 bits per heavy atom. The minimum Gasteiger partial charge on any atom is -0.493 e. The third-order valence-corrected chi connectivity index (χ3v) is 5.42. The fourth-order valence-corrected chi connectivity index (χ4v) is 3.82. The largest absolute Gasteiger partial charge is 0.493 e. The van der Waals surface area contributed by atoms with Crippen molar-refractivity contribution in [3.8, 4) is 11.5 Å². The number of benzene rings is 1. The van der Waals surface area contributed by atoms with Gasteiger partial charge < -0.3 is 29.0 Å². The number of ether oxygens (including phenoxy) is 3. The summed E-state index contributed by atoms with van der Waals surface area (Å²) in [5.41, 5.74) is 1.02. The summed E-state index contributed by atoms with van der Waals surface area (Å²) < 4.78 is 18.1. The van der Waals surface area contributed by atoms with Crippen molar-refractivity contribution >= 4 is 12.0 Å². The van der Waals surface area contributed by atoms with Gasteiger partial charge in [0.25, 0.3) is 5.91 Å². The van der Waals surface area contributed by atoms with E-state index in [1.54, 1.807) is 19.1 Å². The molecule has 0 unspecified atom stereocenters. The zero-order valence-electron chi connectivity index (χ0n) is 19.5. The lowest BCUT2D eigenvalue weighted by Crippen LogP contribution is -2.42. The molecular weight excluding hydrogens is 410 g/mol. The zero-order valence-corrected chi connectivity index (χ0v) is 19.5. The lowest BCUT2D eigenvalue weighted by atomic mass is 10.0. The van der Waals surface area contributed by atoms with Crippen molar-refractivity contribution in [2.75, 3.05) is 27.3 Å². The highest BCUT2D eigenvalue weighted by Crippen LogP contribution is 2.28. The van der Waals surface area contributed by atoms with Crippen molar-refractivity contribution in [3.05, 3.63) is 47.8 Å². The van der Waals surface area contributed by atoms with E-state index in [0.717, 1.165) is 18.4 Å². The molecule has 0 aliphatic carbocycles. The van der Waals surface area contributed by atoms with Gasteiger partial charge in [-0.25, -0.2) is 4.79 Å². The fourth-order valence-electron chi connectivity index (χ4n) is 3.82. The van der Waals surface area contributed by atoms with E-state index < -0.39 is 5.60 Å². The molecule has 1 fully saturated rings. The van der Waals surface area contributed by atoms with Crippen molar-refractivity contribution in [1.29, 1.82) is 0 Å². The van der Waals surface area contributed by atoms with Gasteiger partial charge in [0.1, 0.15) is 11.3 Å². The van der Waals surface area contributed by atoms with Crippen molar-refractivity contribution in [3.63, 3.8) is 0 Å². The second kappa shape index (κ2) is 9.97. The molecule has 1 saturated heterocycles. The number of hydrogen-bond donors (Lipinski definition) is 1. The molecule has 174 valence electrons. The van der Waals surface area contributed by atoms with Crippen LogP contribution in [0.25, 0.3) is 0 Å². The molecule has 2 aromatic rings. The Kier molecular flexibility index (Phi) is 7.33. The summed E-state index contributed by atoms with van der Waals surface area (Å²) in [5.74, 6) is 1.13. The van der Waals surface area contributed by atoms with Crippen molar-refractivity contribution in [1.82, 2.24) is 14.8 Å². The Morgan fingerprint density at radius 2 is 1.75 bits per heavy atom. The molecule has 1 N–H and O–H groups in total. The molecule has 0 spiro atoms. The van der Waals surface area contributed by atoms with Crippen LogP contribution in [0.3, 0.4) is 0 Å². The van der Waals surface area contributed by atoms with Gasteiger partial charge in [-0.15, -0.1) is 0 Å². The van der Waals surface area contributed by atoms with Gasteiger partial charge in [-0.05, 0) is 63.4 Å². The molecular formula is C24H33N3O5. The number of aromatic nitrogens is 1. The number of carbonyl (C=O) groups excluding carboxylic acids is 2. The number of rotatable bonds is 6. The third kappa shape index (κ3) is 5.75. The molecule has 3 rings (SSSR count). The van der Waals surface area contributed by atoms with E-state index in [9.17, 15) is 9.59 Å². The molecule has 1 aromatic heterocycles. The van der Waals surface area contributed by atoms with Gasteiger partial charge in [-0.2, -0.15) is 0 Å². The summed E-state index contributed by atoms with van der Waals surface area (Å²) in [7, 11) is 3.17. The third-order valence-electron chi connectivity index (χ3n) is 5.42. The molecule has 1 aliphatic rings. The predicted octanol–water partition coefficient (Wildman–Crippen LogP) is 4.01. The molecule has 8 heteroatoms. The molecule has 0 bridgehead atoms. The summed E-state index contributed by atoms with van der Waals surface area (Å²) >= 11 is 0. The molecule has 2 amide bonds. The summed E-state index contributed by atoms with van der Waals surface area (Å²) in [6, 6.07) is 9.43. The highest BCUT2D eigenvalue weighted by atomic mass is 16.6. The lowest BCUT2D eigenvalue weighted by molar-refractivity contribution is 0.0187. The SMILES string of the molecule is COc1ccc(CNC(=O)c2cccn2C2CCN(C(=O)OC(C)(C)C)CC2)cc1OC. The fraction of sp³-hybridized carbons (Fsp3) is 0.500. The van der Waals surface area contributed by atoms with E-state index in [1.165, 1.54) is 0 Å². The van der Waals surface area contributed by atoms with Crippen LogP contribution < -0.4 is 14.8 Å². The first-order valence-corrected chi connectivity index (χ1v) is 10.9. The van der Waals surface area contributed by atoms with Crippen LogP contribution in [0.2, 0.25) is 0 Å². The molecule has 8 nitrogen and oxygen atoms in total. The van der Waals surface area contributed by atoms with Crippen molar-refractivity contribution in [2.45, 2.75) is 51.8 Å². The van der Waals surface area contributed by atoms with Crippen LogP contribution in [-0.2, 0) is 11.3 Å². The Bertz CT molecular complexity index is 939. The highest BCUT2D eigenvalue weighted by molar-refractivity contribution is 5.92. The van der Waals surface area contributed by atoms with E-state index >= 15 is 0 Å². The normalized spacial score (nSPS) is 14.7. The van der Waals surface area contributed by atoms with Crippen LogP contribution in [-0.4, -0.2) is 54.4 Å². The first kappa shape index (κ1) is 23.5. The number of amides is 2. The van der Waals surface area contributed by atoms with Crippen LogP contribution in [0.15, 0.2) is 36.5 Å². The first-order chi connectivity index (χ1) is 15.2.